The van der Waals surface area contributed by atoms with E-state index in [4.69, 9.17) is 14.8 Å². The number of nitrogens with zero attached hydrogens (tertiary/aromatic N) is 3. The van der Waals surface area contributed by atoms with E-state index in [1.807, 2.05) is 59.3 Å². The fourth-order valence-corrected chi connectivity index (χ4v) is 2.79. The lowest BCUT2D eigenvalue weighted by atomic mass is 10.2. The summed E-state index contributed by atoms with van der Waals surface area (Å²) in [6.45, 7) is 0.848. The number of ether oxygens (including phenoxy) is 1. The number of aromatic nitrogens is 3. The standard InChI is InChI=1S/C19H18N4O/c1-24-16-11-9-15(10-12-16)23-19(17-8-5-13-20-17)21-18(22-23)14-6-3-2-4-7-14/h2-12,17,20H,13H2,1H3/t17-/m0/s1. The van der Waals surface area contributed by atoms with Crippen LogP contribution in [0.1, 0.15) is 11.9 Å². The Bertz CT molecular complexity index is 853. The molecule has 4 rings (SSSR count). The zero-order valence-corrected chi connectivity index (χ0v) is 13.4. The van der Waals surface area contributed by atoms with Gasteiger partial charge >= 0.3 is 0 Å². The van der Waals surface area contributed by atoms with Crippen molar-refractivity contribution in [2.24, 2.45) is 0 Å². The summed E-state index contributed by atoms with van der Waals surface area (Å²) in [4.78, 5) is 4.79. The van der Waals surface area contributed by atoms with Gasteiger partial charge in [0.15, 0.2) is 11.6 Å². The monoisotopic (exact) mass is 318 g/mol. The van der Waals surface area contributed by atoms with E-state index < -0.39 is 0 Å². The van der Waals surface area contributed by atoms with Crippen LogP contribution >= 0.6 is 0 Å². The molecule has 0 fully saturated rings. The minimum Gasteiger partial charge on any atom is -0.497 e. The molecule has 0 radical (unpaired) electrons. The highest BCUT2D eigenvalue weighted by atomic mass is 16.5. The Balaban J connectivity index is 1.81. The molecular formula is C19H18N4O. The highest BCUT2D eigenvalue weighted by Crippen LogP contribution is 2.25. The van der Waals surface area contributed by atoms with Crippen molar-refractivity contribution in [3.05, 3.63) is 72.6 Å². The van der Waals surface area contributed by atoms with Crippen LogP contribution in [0.4, 0.5) is 0 Å². The Labute approximate surface area is 140 Å². The molecule has 1 aliphatic rings. The number of benzene rings is 2. The van der Waals surface area contributed by atoms with Gasteiger partial charge in [0.1, 0.15) is 5.75 Å². The molecule has 0 saturated carbocycles. The lowest BCUT2D eigenvalue weighted by molar-refractivity contribution is 0.414. The van der Waals surface area contributed by atoms with Crippen LogP contribution in [0.5, 0.6) is 5.75 Å². The highest BCUT2D eigenvalue weighted by Gasteiger charge is 2.21. The van der Waals surface area contributed by atoms with Gasteiger partial charge in [-0.2, -0.15) is 0 Å². The molecule has 0 unspecified atom stereocenters. The summed E-state index contributed by atoms with van der Waals surface area (Å²) in [5.74, 6) is 2.43. The topological polar surface area (TPSA) is 52.0 Å². The average Bonchev–Trinajstić information content (AvgIpc) is 3.32. The fourth-order valence-electron chi connectivity index (χ4n) is 2.79. The van der Waals surface area contributed by atoms with E-state index in [-0.39, 0.29) is 6.04 Å². The lowest BCUT2D eigenvalue weighted by Gasteiger charge is -2.11. The molecule has 1 N–H and O–H groups in total. The van der Waals surface area contributed by atoms with Crippen molar-refractivity contribution in [2.45, 2.75) is 6.04 Å². The molecule has 5 nitrogen and oxygen atoms in total. The van der Waals surface area contributed by atoms with Gasteiger partial charge in [-0.05, 0) is 24.3 Å². The molecule has 2 aromatic carbocycles. The zero-order chi connectivity index (χ0) is 16.4. The first-order valence-electron chi connectivity index (χ1n) is 7.92. The first-order valence-corrected chi connectivity index (χ1v) is 7.92. The van der Waals surface area contributed by atoms with E-state index in [1.165, 1.54) is 0 Å². The molecule has 3 aromatic rings. The van der Waals surface area contributed by atoms with Gasteiger partial charge in [0, 0.05) is 12.1 Å². The third kappa shape index (κ3) is 2.70. The average molecular weight is 318 g/mol. The smallest absolute Gasteiger partial charge is 0.181 e. The Kier molecular flexibility index (Phi) is 3.84. The summed E-state index contributed by atoms with van der Waals surface area (Å²) < 4.78 is 7.14. The Morgan fingerprint density at radius 3 is 2.54 bits per heavy atom. The molecule has 1 aliphatic heterocycles. The first-order chi connectivity index (χ1) is 11.8. The number of rotatable bonds is 4. The van der Waals surface area contributed by atoms with Crippen LogP contribution in [-0.4, -0.2) is 28.4 Å². The molecule has 120 valence electrons. The lowest BCUT2D eigenvalue weighted by Crippen LogP contribution is -2.18. The van der Waals surface area contributed by atoms with E-state index in [0.29, 0.717) is 0 Å². The van der Waals surface area contributed by atoms with Gasteiger partial charge in [0.05, 0.1) is 18.8 Å². The molecule has 24 heavy (non-hydrogen) atoms. The second-order valence-corrected chi connectivity index (χ2v) is 5.58. The highest BCUT2D eigenvalue weighted by molar-refractivity contribution is 5.55. The minimum atomic E-state index is 0.0667. The van der Waals surface area contributed by atoms with Crippen LogP contribution in [0.25, 0.3) is 17.1 Å². The van der Waals surface area contributed by atoms with Gasteiger partial charge in [0.2, 0.25) is 0 Å². The maximum absolute atomic E-state index is 5.24. The van der Waals surface area contributed by atoms with Gasteiger partial charge < -0.3 is 10.1 Å². The number of hydrogen-bond acceptors (Lipinski definition) is 4. The molecular weight excluding hydrogens is 300 g/mol. The van der Waals surface area contributed by atoms with Crippen LogP contribution in [0, 0.1) is 0 Å². The third-order valence-electron chi connectivity index (χ3n) is 4.04. The van der Waals surface area contributed by atoms with Gasteiger partial charge in [-0.15, -0.1) is 5.10 Å². The minimum absolute atomic E-state index is 0.0667. The SMILES string of the molecule is COc1ccc(-n2nc(-c3ccccc3)nc2[C@@H]2C=CCN2)cc1. The molecule has 1 aromatic heterocycles. The van der Waals surface area contributed by atoms with Crippen molar-refractivity contribution in [1.82, 2.24) is 20.1 Å². The molecule has 0 saturated heterocycles. The van der Waals surface area contributed by atoms with Crippen LogP contribution in [0.2, 0.25) is 0 Å². The first kappa shape index (κ1) is 14.7. The van der Waals surface area contributed by atoms with Gasteiger partial charge in [0.25, 0.3) is 0 Å². The molecule has 1 atom stereocenters. The van der Waals surface area contributed by atoms with Crippen LogP contribution in [-0.2, 0) is 0 Å². The molecule has 5 heteroatoms. The van der Waals surface area contributed by atoms with E-state index in [1.54, 1.807) is 7.11 Å². The van der Waals surface area contributed by atoms with Gasteiger partial charge in [-0.1, -0.05) is 42.5 Å². The zero-order valence-electron chi connectivity index (χ0n) is 13.4. The molecule has 0 aliphatic carbocycles. The van der Waals surface area contributed by atoms with Gasteiger partial charge in [-0.3, -0.25) is 0 Å². The number of hydrogen-bond donors (Lipinski definition) is 1. The number of nitrogens with one attached hydrogen (secondary N) is 1. The molecule has 0 spiro atoms. The summed E-state index contributed by atoms with van der Waals surface area (Å²) >= 11 is 0. The summed E-state index contributed by atoms with van der Waals surface area (Å²) in [6, 6.07) is 17.9. The second-order valence-electron chi connectivity index (χ2n) is 5.58. The predicted octanol–water partition coefficient (Wildman–Crippen LogP) is 3.14. The Hall–Kier alpha value is -2.92. The largest absolute Gasteiger partial charge is 0.497 e. The summed E-state index contributed by atoms with van der Waals surface area (Å²) in [5.41, 5.74) is 1.97. The fraction of sp³-hybridized carbons (Fsp3) is 0.158. The maximum atomic E-state index is 5.24. The van der Waals surface area contributed by atoms with Crippen molar-refractivity contribution in [1.29, 1.82) is 0 Å². The Morgan fingerprint density at radius 1 is 1.08 bits per heavy atom. The summed E-state index contributed by atoms with van der Waals surface area (Å²) in [7, 11) is 1.66. The van der Waals surface area contributed by atoms with Crippen molar-refractivity contribution in [3.63, 3.8) is 0 Å². The summed E-state index contributed by atoms with van der Waals surface area (Å²) in [5, 5.41) is 8.15. The van der Waals surface area contributed by atoms with Crippen LogP contribution in [0.3, 0.4) is 0 Å². The van der Waals surface area contributed by atoms with E-state index in [9.17, 15) is 0 Å². The molecule has 2 heterocycles. The van der Waals surface area contributed by atoms with Crippen molar-refractivity contribution >= 4 is 0 Å². The van der Waals surface area contributed by atoms with Crippen molar-refractivity contribution < 1.29 is 4.74 Å². The van der Waals surface area contributed by atoms with Crippen molar-refractivity contribution in [3.8, 4) is 22.8 Å². The van der Waals surface area contributed by atoms with Crippen LogP contribution < -0.4 is 10.1 Å². The second kappa shape index (κ2) is 6.29. The van der Waals surface area contributed by atoms with E-state index in [2.05, 4.69) is 17.5 Å². The van der Waals surface area contributed by atoms with Crippen molar-refractivity contribution in [2.75, 3.05) is 13.7 Å². The number of methoxy groups -OCH3 is 1. The van der Waals surface area contributed by atoms with Crippen LogP contribution in [0.15, 0.2) is 66.7 Å². The quantitative estimate of drug-likeness (QED) is 0.751. The molecule has 0 amide bonds. The predicted molar refractivity (Wildman–Crippen MR) is 93.2 cm³/mol. The van der Waals surface area contributed by atoms with Gasteiger partial charge in [-0.25, -0.2) is 9.67 Å². The maximum Gasteiger partial charge on any atom is 0.181 e. The third-order valence-corrected chi connectivity index (χ3v) is 4.04. The normalized spacial score (nSPS) is 16.5. The summed E-state index contributed by atoms with van der Waals surface area (Å²) in [6.07, 6.45) is 4.23. The van der Waals surface area contributed by atoms with E-state index in [0.717, 1.165) is 35.2 Å². The molecule has 0 bridgehead atoms. The Morgan fingerprint density at radius 2 is 1.88 bits per heavy atom. The van der Waals surface area contributed by atoms with E-state index >= 15 is 0 Å².